The number of carboxylic acids is 1. The Kier molecular flexibility index (Phi) is 6.41. The average molecular weight is 410 g/mol. The van der Waals surface area contributed by atoms with Crippen molar-refractivity contribution in [2.45, 2.75) is 31.2 Å². The lowest BCUT2D eigenvalue weighted by atomic mass is 10.0. The van der Waals surface area contributed by atoms with E-state index in [2.05, 4.69) is 10.0 Å². The molecule has 29 heavy (non-hydrogen) atoms. The molecule has 3 aromatic carbocycles. The average Bonchev–Trinajstić information content (AvgIpc) is 2.69. The number of aliphatic carboxylic acids is 1. The highest BCUT2D eigenvalue weighted by Gasteiger charge is 2.14. The van der Waals surface area contributed by atoms with E-state index in [1.807, 2.05) is 61.5 Å². The van der Waals surface area contributed by atoms with E-state index in [1.54, 1.807) is 0 Å². The molecule has 1 atom stereocenters. The summed E-state index contributed by atoms with van der Waals surface area (Å²) in [4.78, 5) is 23.5. The Labute approximate surface area is 173 Å². The largest absolute Gasteiger partial charge is 0.480 e. The second-order valence-electron chi connectivity index (χ2n) is 6.83. The third kappa shape index (κ3) is 5.07. The van der Waals surface area contributed by atoms with Crippen LogP contribution in [0.1, 0.15) is 18.1 Å². The summed E-state index contributed by atoms with van der Waals surface area (Å²) in [5, 5.41) is 13.9. The van der Waals surface area contributed by atoms with Crippen LogP contribution in [0.3, 0.4) is 0 Å². The topological polar surface area (TPSA) is 104 Å². The second-order valence-corrected chi connectivity index (χ2v) is 7.68. The highest BCUT2D eigenvalue weighted by molar-refractivity contribution is 8.00. The van der Waals surface area contributed by atoms with Crippen molar-refractivity contribution in [3.05, 3.63) is 65.7 Å². The van der Waals surface area contributed by atoms with Gasteiger partial charge in [0.25, 0.3) is 0 Å². The Morgan fingerprint density at radius 2 is 1.83 bits per heavy atom. The number of fused-ring (bicyclic) bond motifs is 1. The minimum Gasteiger partial charge on any atom is -0.480 e. The van der Waals surface area contributed by atoms with Crippen LogP contribution in [0.5, 0.6) is 0 Å². The molecule has 0 radical (unpaired) electrons. The molecule has 0 aromatic heterocycles. The molecule has 7 heteroatoms. The molecule has 6 nitrogen and oxygen atoms in total. The van der Waals surface area contributed by atoms with Gasteiger partial charge in [-0.2, -0.15) is 0 Å². The van der Waals surface area contributed by atoms with Crippen molar-refractivity contribution in [2.24, 2.45) is 5.73 Å². The van der Waals surface area contributed by atoms with Gasteiger partial charge in [0.2, 0.25) is 5.91 Å². The third-order valence-corrected chi connectivity index (χ3v) is 5.49. The molecule has 0 spiro atoms. The molecule has 0 aliphatic rings. The van der Waals surface area contributed by atoms with Crippen LogP contribution in [0.4, 0.5) is 11.4 Å². The van der Waals surface area contributed by atoms with Crippen LogP contribution in [0, 0.1) is 6.92 Å². The number of amides is 1. The van der Waals surface area contributed by atoms with Crippen molar-refractivity contribution in [3.8, 4) is 0 Å². The quantitative estimate of drug-likeness (QED) is 0.437. The molecule has 0 saturated carbocycles. The van der Waals surface area contributed by atoms with Crippen LogP contribution >= 0.6 is 11.9 Å². The first-order valence-corrected chi connectivity index (χ1v) is 9.97. The van der Waals surface area contributed by atoms with Gasteiger partial charge >= 0.3 is 5.97 Å². The lowest BCUT2D eigenvalue weighted by Crippen LogP contribution is -2.32. The van der Waals surface area contributed by atoms with Crippen molar-refractivity contribution in [1.82, 2.24) is 0 Å². The molecule has 3 aromatic rings. The number of nitrogens with one attached hydrogen (secondary N) is 2. The van der Waals surface area contributed by atoms with Gasteiger partial charge in [0.15, 0.2) is 0 Å². The summed E-state index contributed by atoms with van der Waals surface area (Å²) in [6, 6.07) is 16.6. The third-order valence-electron chi connectivity index (χ3n) is 4.58. The Morgan fingerprint density at radius 3 is 2.52 bits per heavy atom. The maximum Gasteiger partial charge on any atom is 0.320 e. The Hall–Kier alpha value is -3.03. The maximum atomic E-state index is 11.5. The number of hydrogen-bond donors (Lipinski definition) is 4. The molecule has 5 N–H and O–H groups in total. The standard InChI is InChI=1S/C22H23N3O3S/c1-13-7-8-16(11-15(13)12-19(23)22(27)28)25-29-21-10-9-20(24-14(2)26)17-5-3-4-6-18(17)21/h3-11,19,25H,12,23H2,1-2H3,(H,24,26)(H,27,28). The van der Waals surface area contributed by atoms with E-state index in [1.165, 1.54) is 18.9 Å². The van der Waals surface area contributed by atoms with Gasteiger partial charge in [-0.05, 0) is 66.1 Å². The van der Waals surface area contributed by atoms with Crippen molar-refractivity contribution in [3.63, 3.8) is 0 Å². The van der Waals surface area contributed by atoms with Gasteiger partial charge in [0, 0.05) is 28.6 Å². The van der Waals surface area contributed by atoms with E-state index < -0.39 is 12.0 Å². The highest BCUT2D eigenvalue weighted by Crippen LogP contribution is 2.33. The highest BCUT2D eigenvalue weighted by atomic mass is 32.2. The van der Waals surface area contributed by atoms with Gasteiger partial charge < -0.3 is 20.9 Å². The molecule has 0 aliphatic carbocycles. The van der Waals surface area contributed by atoms with Gasteiger partial charge in [0.1, 0.15) is 6.04 Å². The minimum absolute atomic E-state index is 0.111. The van der Waals surface area contributed by atoms with E-state index in [9.17, 15) is 9.59 Å². The van der Waals surface area contributed by atoms with Crippen molar-refractivity contribution >= 4 is 46.0 Å². The lowest BCUT2D eigenvalue weighted by molar-refractivity contribution is -0.138. The number of hydrogen-bond acceptors (Lipinski definition) is 5. The lowest BCUT2D eigenvalue weighted by Gasteiger charge is -2.14. The van der Waals surface area contributed by atoms with Gasteiger partial charge in [-0.3, -0.25) is 9.59 Å². The number of carboxylic acid groups (broad SMARTS) is 1. The predicted octanol–water partition coefficient (Wildman–Crippen LogP) is 4.18. The number of carbonyl (C=O) groups is 2. The monoisotopic (exact) mass is 409 g/mol. The summed E-state index contributed by atoms with van der Waals surface area (Å²) >= 11 is 1.46. The van der Waals surface area contributed by atoms with Crippen molar-refractivity contribution in [2.75, 3.05) is 10.0 Å². The number of aryl methyl sites for hydroxylation is 1. The number of anilines is 2. The molecule has 0 heterocycles. The fraction of sp³-hybridized carbons (Fsp3) is 0.182. The molecule has 3 rings (SSSR count). The van der Waals surface area contributed by atoms with Gasteiger partial charge in [-0.15, -0.1) is 0 Å². The summed E-state index contributed by atoms with van der Waals surface area (Å²) in [5.41, 5.74) is 9.23. The summed E-state index contributed by atoms with van der Waals surface area (Å²) in [6.45, 7) is 3.43. The fourth-order valence-electron chi connectivity index (χ4n) is 3.05. The molecule has 0 fully saturated rings. The molecule has 0 aliphatic heterocycles. The van der Waals surface area contributed by atoms with Crippen LogP contribution in [0.2, 0.25) is 0 Å². The Bertz CT molecular complexity index is 1070. The summed E-state index contributed by atoms with van der Waals surface area (Å²) in [5.74, 6) is -1.12. The van der Waals surface area contributed by atoms with E-state index in [-0.39, 0.29) is 12.3 Å². The number of carbonyl (C=O) groups excluding carboxylic acids is 1. The van der Waals surface area contributed by atoms with Crippen LogP contribution in [-0.2, 0) is 16.0 Å². The van der Waals surface area contributed by atoms with Gasteiger partial charge in [-0.1, -0.05) is 30.3 Å². The van der Waals surface area contributed by atoms with Crippen molar-refractivity contribution < 1.29 is 14.7 Å². The van der Waals surface area contributed by atoms with E-state index in [0.717, 1.165) is 38.2 Å². The molecule has 1 amide bonds. The van der Waals surface area contributed by atoms with Crippen LogP contribution < -0.4 is 15.8 Å². The summed E-state index contributed by atoms with van der Waals surface area (Å²) < 4.78 is 3.32. The molecule has 150 valence electrons. The van der Waals surface area contributed by atoms with E-state index in [0.29, 0.717) is 0 Å². The zero-order valence-electron chi connectivity index (χ0n) is 16.2. The Balaban J connectivity index is 1.82. The van der Waals surface area contributed by atoms with E-state index >= 15 is 0 Å². The first-order chi connectivity index (χ1) is 13.8. The summed E-state index contributed by atoms with van der Waals surface area (Å²) in [7, 11) is 0. The van der Waals surface area contributed by atoms with Gasteiger partial charge in [0.05, 0.1) is 0 Å². The second kappa shape index (κ2) is 8.98. The number of rotatable bonds is 7. The number of benzene rings is 3. The maximum absolute atomic E-state index is 11.5. The molecular formula is C22H23N3O3S. The fourth-order valence-corrected chi connectivity index (χ4v) is 3.83. The predicted molar refractivity (Wildman–Crippen MR) is 118 cm³/mol. The smallest absolute Gasteiger partial charge is 0.320 e. The van der Waals surface area contributed by atoms with Crippen LogP contribution in [0.15, 0.2) is 59.5 Å². The first kappa shape index (κ1) is 20.7. The summed E-state index contributed by atoms with van der Waals surface area (Å²) in [6.07, 6.45) is 0.274. The van der Waals surface area contributed by atoms with Crippen LogP contribution in [0.25, 0.3) is 10.8 Å². The zero-order chi connectivity index (χ0) is 21.0. The van der Waals surface area contributed by atoms with Gasteiger partial charge in [-0.25, -0.2) is 0 Å². The first-order valence-electron chi connectivity index (χ1n) is 9.15. The SMILES string of the molecule is CC(=O)Nc1ccc(SNc2ccc(C)c(CC(N)C(=O)O)c2)c2ccccc12. The van der Waals surface area contributed by atoms with Crippen LogP contribution in [-0.4, -0.2) is 23.0 Å². The Morgan fingerprint density at radius 1 is 1.10 bits per heavy atom. The minimum atomic E-state index is -1.01. The zero-order valence-corrected chi connectivity index (χ0v) is 17.0. The van der Waals surface area contributed by atoms with E-state index in [4.69, 9.17) is 10.8 Å². The number of nitrogens with two attached hydrogens (primary N) is 1. The molecule has 0 bridgehead atoms. The van der Waals surface area contributed by atoms with Crippen molar-refractivity contribution in [1.29, 1.82) is 0 Å². The normalized spacial score (nSPS) is 11.8. The molecule has 0 saturated heterocycles. The molecular weight excluding hydrogens is 386 g/mol. The molecule has 1 unspecified atom stereocenters.